The molecule has 0 spiro atoms. The Balaban J connectivity index is 1.52. The summed E-state index contributed by atoms with van der Waals surface area (Å²) >= 11 is 1.41. The van der Waals surface area contributed by atoms with Crippen molar-refractivity contribution in [1.82, 2.24) is 10.3 Å². The number of thiophene rings is 1. The highest BCUT2D eigenvalue weighted by Gasteiger charge is 2.18. The number of benzene rings is 1. The molecule has 26 heavy (non-hydrogen) atoms. The average molecular weight is 368 g/mol. The summed E-state index contributed by atoms with van der Waals surface area (Å²) in [6, 6.07) is 13.2. The molecule has 0 aliphatic rings. The van der Waals surface area contributed by atoms with Gasteiger partial charge >= 0.3 is 5.97 Å². The molecular weight excluding hydrogens is 348 g/mol. The Bertz CT molecular complexity index is 921. The summed E-state index contributed by atoms with van der Waals surface area (Å²) in [5.74, 6) is -0.949. The molecule has 0 fully saturated rings. The number of nitrogens with zero attached hydrogens (tertiary/aromatic N) is 1. The Kier molecular flexibility index (Phi) is 5.63. The van der Waals surface area contributed by atoms with Crippen molar-refractivity contribution in [3.8, 4) is 0 Å². The van der Waals surface area contributed by atoms with E-state index in [0.717, 1.165) is 21.3 Å². The van der Waals surface area contributed by atoms with Gasteiger partial charge < -0.3 is 10.1 Å². The van der Waals surface area contributed by atoms with Crippen molar-refractivity contribution in [2.75, 3.05) is 6.54 Å². The lowest BCUT2D eigenvalue weighted by molar-refractivity contribution is -0.149. The van der Waals surface area contributed by atoms with Gasteiger partial charge in [0.05, 0.1) is 21.0 Å². The highest BCUT2D eigenvalue weighted by molar-refractivity contribution is 7.21. The second-order valence-electron chi connectivity index (χ2n) is 6.16. The molecule has 1 N–H and O–H groups in total. The van der Waals surface area contributed by atoms with Crippen molar-refractivity contribution in [3.05, 3.63) is 64.7 Å². The maximum Gasteiger partial charge on any atom is 0.310 e. The van der Waals surface area contributed by atoms with Gasteiger partial charge in [-0.2, -0.15) is 0 Å². The van der Waals surface area contributed by atoms with Crippen LogP contribution in [-0.4, -0.2) is 23.4 Å². The molecule has 0 saturated heterocycles. The fraction of sp³-hybridized carbons (Fsp3) is 0.250. The van der Waals surface area contributed by atoms with Crippen LogP contribution in [0.25, 0.3) is 10.2 Å². The first-order valence-electron chi connectivity index (χ1n) is 8.38. The SMILES string of the molecule is Cc1ccnc2cc(C(=O)NC[C@@H](C)C(=O)OCc3ccccc3)sc12. The second kappa shape index (κ2) is 8.10. The van der Waals surface area contributed by atoms with Crippen LogP contribution in [0.15, 0.2) is 48.7 Å². The van der Waals surface area contributed by atoms with Crippen molar-refractivity contribution >= 4 is 33.4 Å². The van der Waals surface area contributed by atoms with Crippen LogP contribution in [0.1, 0.15) is 27.7 Å². The van der Waals surface area contributed by atoms with Crippen molar-refractivity contribution < 1.29 is 14.3 Å². The molecule has 5 nitrogen and oxygen atoms in total. The number of rotatable bonds is 6. The number of aryl methyl sites for hydroxylation is 1. The molecule has 1 aromatic carbocycles. The zero-order valence-electron chi connectivity index (χ0n) is 14.7. The van der Waals surface area contributed by atoms with Gasteiger partial charge in [-0.05, 0) is 30.2 Å². The topological polar surface area (TPSA) is 68.3 Å². The van der Waals surface area contributed by atoms with Gasteiger partial charge in [-0.1, -0.05) is 37.3 Å². The molecule has 3 aromatic rings. The minimum atomic E-state index is -0.420. The van der Waals surface area contributed by atoms with Gasteiger partial charge in [0.1, 0.15) is 6.61 Å². The Morgan fingerprint density at radius 1 is 1.23 bits per heavy atom. The number of aromatic nitrogens is 1. The lowest BCUT2D eigenvalue weighted by atomic mass is 10.2. The van der Waals surface area contributed by atoms with Crippen LogP contribution in [0.3, 0.4) is 0 Å². The van der Waals surface area contributed by atoms with E-state index in [1.807, 2.05) is 43.3 Å². The summed E-state index contributed by atoms with van der Waals surface area (Å²) in [4.78, 5) is 29.3. The number of carbonyl (C=O) groups excluding carboxylic acids is 2. The van der Waals surface area contributed by atoms with Crippen molar-refractivity contribution in [2.24, 2.45) is 5.92 Å². The van der Waals surface area contributed by atoms with Crippen LogP contribution < -0.4 is 5.32 Å². The van der Waals surface area contributed by atoms with E-state index in [1.165, 1.54) is 11.3 Å². The number of esters is 1. The Morgan fingerprint density at radius 2 is 2.00 bits per heavy atom. The van der Waals surface area contributed by atoms with E-state index < -0.39 is 5.92 Å². The second-order valence-corrected chi connectivity index (χ2v) is 7.21. The van der Waals surface area contributed by atoms with Gasteiger partial charge in [0.2, 0.25) is 0 Å². The molecule has 1 amide bonds. The van der Waals surface area contributed by atoms with E-state index in [-0.39, 0.29) is 25.0 Å². The Hall–Kier alpha value is -2.73. The van der Waals surface area contributed by atoms with E-state index in [0.29, 0.717) is 4.88 Å². The highest BCUT2D eigenvalue weighted by Crippen LogP contribution is 2.26. The predicted molar refractivity (Wildman–Crippen MR) is 102 cm³/mol. The van der Waals surface area contributed by atoms with Crippen LogP contribution >= 0.6 is 11.3 Å². The summed E-state index contributed by atoms with van der Waals surface area (Å²) in [5.41, 5.74) is 2.85. The maximum absolute atomic E-state index is 12.4. The zero-order valence-corrected chi connectivity index (χ0v) is 15.5. The number of fused-ring (bicyclic) bond motifs is 1. The predicted octanol–water partition coefficient (Wildman–Crippen LogP) is 3.71. The summed E-state index contributed by atoms with van der Waals surface area (Å²) < 4.78 is 6.30. The number of amides is 1. The van der Waals surface area contributed by atoms with E-state index in [2.05, 4.69) is 10.3 Å². The molecule has 0 unspecified atom stereocenters. The molecule has 0 radical (unpaired) electrons. The molecule has 0 saturated carbocycles. The van der Waals surface area contributed by atoms with Gasteiger partial charge in [-0.3, -0.25) is 14.6 Å². The smallest absolute Gasteiger partial charge is 0.310 e. The van der Waals surface area contributed by atoms with Crippen molar-refractivity contribution in [1.29, 1.82) is 0 Å². The highest BCUT2D eigenvalue weighted by atomic mass is 32.1. The fourth-order valence-corrected chi connectivity index (χ4v) is 3.46. The largest absolute Gasteiger partial charge is 0.461 e. The molecule has 3 rings (SSSR count). The number of carbonyl (C=O) groups is 2. The summed E-state index contributed by atoms with van der Waals surface area (Å²) in [6.07, 6.45) is 1.73. The standard InChI is InChI=1S/C20H20N2O3S/c1-13-8-9-21-16-10-17(26-18(13)16)19(23)22-11-14(2)20(24)25-12-15-6-4-3-5-7-15/h3-10,14H,11-12H2,1-2H3,(H,22,23)/t14-/m1/s1. The third kappa shape index (κ3) is 4.26. The van der Waals surface area contributed by atoms with Crippen LogP contribution in [0.5, 0.6) is 0 Å². The summed E-state index contributed by atoms with van der Waals surface area (Å²) in [5, 5.41) is 2.80. The first-order valence-corrected chi connectivity index (χ1v) is 9.20. The van der Waals surface area contributed by atoms with Crippen LogP contribution in [-0.2, 0) is 16.1 Å². The van der Waals surface area contributed by atoms with Gasteiger partial charge in [0.25, 0.3) is 5.91 Å². The van der Waals surface area contributed by atoms with Crippen LogP contribution in [0.4, 0.5) is 0 Å². The number of hydrogen-bond donors (Lipinski definition) is 1. The normalized spacial score (nSPS) is 11.9. The lowest BCUT2D eigenvalue weighted by Gasteiger charge is -2.12. The molecule has 0 bridgehead atoms. The Morgan fingerprint density at radius 3 is 2.73 bits per heavy atom. The molecular formula is C20H20N2O3S. The van der Waals surface area contributed by atoms with Gasteiger partial charge in [-0.15, -0.1) is 11.3 Å². The van der Waals surface area contributed by atoms with E-state index in [9.17, 15) is 9.59 Å². The minimum absolute atomic E-state index is 0.199. The van der Waals surface area contributed by atoms with Gasteiger partial charge in [0.15, 0.2) is 0 Å². The lowest BCUT2D eigenvalue weighted by Crippen LogP contribution is -2.31. The number of pyridine rings is 1. The summed E-state index contributed by atoms with van der Waals surface area (Å²) in [6.45, 7) is 4.20. The molecule has 1 atom stereocenters. The van der Waals surface area contributed by atoms with E-state index in [4.69, 9.17) is 4.74 Å². The fourth-order valence-electron chi connectivity index (χ4n) is 2.46. The first-order chi connectivity index (χ1) is 12.5. The number of nitrogens with one attached hydrogen (secondary N) is 1. The quantitative estimate of drug-likeness (QED) is 0.674. The van der Waals surface area contributed by atoms with Gasteiger partial charge in [-0.25, -0.2) is 0 Å². The van der Waals surface area contributed by atoms with Gasteiger partial charge in [0, 0.05) is 12.7 Å². The Labute approximate surface area is 156 Å². The number of ether oxygens (including phenoxy) is 1. The summed E-state index contributed by atoms with van der Waals surface area (Å²) in [7, 11) is 0. The van der Waals surface area contributed by atoms with Crippen molar-refractivity contribution in [2.45, 2.75) is 20.5 Å². The van der Waals surface area contributed by atoms with E-state index >= 15 is 0 Å². The first kappa shape index (κ1) is 18.1. The minimum Gasteiger partial charge on any atom is -0.461 e. The average Bonchev–Trinajstić information content (AvgIpc) is 3.10. The monoisotopic (exact) mass is 368 g/mol. The zero-order chi connectivity index (χ0) is 18.5. The number of hydrogen-bond acceptors (Lipinski definition) is 5. The molecule has 134 valence electrons. The van der Waals surface area contributed by atoms with Crippen LogP contribution in [0.2, 0.25) is 0 Å². The third-order valence-corrected chi connectivity index (χ3v) is 5.29. The molecule has 0 aliphatic carbocycles. The van der Waals surface area contributed by atoms with Crippen LogP contribution in [0, 0.1) is 12.8 Å². The molecule has 6 heteroatoms. The molecule has 2 aromatic heterocycles. The van der Waals surface area contributed by atoms with Crippen molar-refractivity contribution in [3.63, 3.8) is 0 Å². The molecule has 2 heterocycles. The maximum atomic E-state index is 12.4. The van der Waals surface area contributed by atoms with E-state index in [1.54, 1.807) is 19.2 Å². The molecule has 0 aliphatic heterocycles. The third-order valence-electron chi connectivity index (χ3n) is 4.03.